The lowest BCUT2D eigenvalue weighted by Crippen LogP contribution is -2.50. The van der Waals surface area contributed by atoms with Crippen molar-refractivity contribution in [3.63, 3.8) is 0 Å². The molecule has 1 unspecified atom stereocenters. The molecule has 1 aliphatic heterocycles. The molecule has 4 heteroatoms. The quantitative estimate of drug-likeness (QED) is 0.782. The first-order valence-corrected chi connectivity index (χ1v) is 9.06. The number of amides is 1. The molecule has 0 saturated carbocycles. The Labute approximate surface area is 135 Å². The first kappa shape index (κ1) is 15.0. The first-order valence-electron chi connectivity index (χ1n) is 7.94. The van der Waals surface area contributed by atoms with Gasteiger partial charge in [0.1, 0.15) is 0 Å². The molecule has 114 valence electrons. The van der Waals surface area contributed by atoms with E-state index in [-0.39, 0.29) is 5.92 Å². The van der Waals surface area contributed by atoms with Gasteiger partial charge in [0.15, 0.2) is 0 Å². The molecule has 1 heterocycles. The van der Waals surface area contributed by atoms with E-state index in [1.54, 1.807) is 0 Å². The lowest BCUT2D eigenvalue weighted by Gasteiger charge is -2.37. The number of hydrogen-bond donors (Lipinski definition) is 0. The monoisotopic (exact) mass is 350 g/mol. The number of benzene rings is 1. The van der Waals surface area contributed by atoms with Gasteiger partial charge in [0.2, 0.25) is 5.91 Å². The number of nitrogens with zero attached hydrogens (tertiary/aromatic N) is 2. The number of halogens is 1. The Balaban J connectivity index is 1.67. The Morgan fingerprint density at radius 2 is 1.95 bits per heavy atom. The van der Waals surface area contributed by atoms with Crippen LogP contribution in [0.5, 0.6) is 0 Å². The minimum atomic E-state index is 0.0951. The van der Waals surface area contributed by atoms with Crippen molar-refractivity contribution in [1.82, 2.24) is 9.80 Å². The largest absolute Gasteiger partial charge is 0.340 e. The van der Waals surface area contributed by atoms with Crippen molar-refractivity contribution in [3.8, 4) is 0 Å². The second kappa shape index (κ2) is 6.93. The second-order valence-electron chi connectivity index (χ2n) is 6.00. The molecule has 0 bridgehead atoms. The summed E-state index contributed by atoms with van der Waals surface area (Å²) in [5.41, 5.74) is 2.65. The standard InChI is InChI=1S/C17H23BrN2O/c18-8-9-19-10-12-20(13-11-19)17(21)16-7-3-5-14-4-1-2-6-15(14)16/h1-2,4,6,16H,3,5,7-13H2. The molecule has 0 N–H and O–H groups in total. The molecule has 2 aliphatic rings. The van der Waals surface area contributed by atoms with Gasteiger partial charge in [-0.2, -0.15) is 0 Å². The average molecular weight is 351 g/mol. The van der Waals surface area contributed by atoms with E-state index < -0.39 is 0 Å². The first-order chi connectivity index (χ1) is 10.3. The molecule has 1 fully saturated rings. The summed E-state index contributed by atoms with van der Waals surface area (Å²) in [5, 5.41) is 1.01. The van der Waals surface area contributed by atoms with Gasteiger partial charge in [-0.3, -0.25) is 9.69 Å². The fourth-order valence-electron chi connectivity index (χ4n) is 3.54. The molecule has 1 aromatic carbocycles. The van der Waals surface area contributed by atoms with Crippen LogP contribution in [0, 0.1) is 0 Å². The Hall–Kier alpha value is -0.870. The van der Waals surface area contributed by atoms with Gasteiger partial charge >= 0.3 is 0 Å². The lowest BCUT2D eigenvalue weighted by atomic mass is 9.82. The van der Waals surface area contributed by atoms with Crippen LogP contribution in [0.1, 0.15) is 29.9 Å². The van der Waals surface area contributed by atoms with Crippen molar-refractivity contribution >= 4 is 21.8 Å². The van der Waals surface area contributed by atoms with Crippen LogP contribution in [0.15, 0.2) is 24.3 Å². The Bertz CT molecular complexity index is 497. The fraction of sp³-hybridized carbons (Fsp3) is 0.588. The van der Waals surface area contributed by atoms with E-state index in [2.05, 4.69) is 50.0 Å². The van der Waals surface area contributed by atoms with E-state index in [0.717, 1.165) is 57.3 Å². The minimum Gasteiger partial charge on any atom is -0.340 e. The third-order valence-corrected chi connectivity index (χ3v) is 5.11. The maximum atomic E-state index is 12.9. The van der Waals surface area contributed by atoms with Gasteiger partial charge in [-0.15, -0.1) is 0 Å². The highest BCUT2D eigenvalue weighted by molar-refractivity contribution is 9.09. The predicted molar refractivity (Wildman–Crippen MR) is 88.9 cm³/mol. The molecule has 0 aromatic heterocycles. The summed E-state index contributed by atoms with van der Waals surface area (Å²) >= 11 is 3.49. The number of rotatable bonds is 3. The van der Waals surface area contributed by atoms with E-state index in [1.165, 1.54) is 11.1 Å². The summed E-state index contributed by atoms with van der Waals surface area (Å²) in [6.07, 6.45) is 3.27. The van der Waals surface area contributed by atoms with Crippen LogP contribution in [0.3, 0.4) is 0 Å². The van der Waals surface area contributed by atoms with Crippen molar-refractivity contribution in [3.05, 3.63) is 35.4 Å². The summed E-state index contributed by atoms with van der Waals surface area (Å²) < 4.78 is 0. The predicted octanol–water partition coefficient (Wildman–Crippen LogP) is 2.65. The number of aryl methyl sites for hydroxylation is 1. The van der Waals surface area contributed by atoms with Crippen molar-refractivity contribution in [2.24, 2.45) is 0 Å². The van der Waals surface area contributed by atoms with Gasteiger partial charge in [0.25, 0.3) is 0 Å². The number of piperazine rings is 1. The lowest BCUT2D eigenvalue weighted by molar-refractivity contribution is -0.134. The summed E-state index contributed by atoms with van der Waals surface area (Å²) in [5.74, 6) is 0.443. The topological polar surface area (TPSA) is 23.6 Å². The molecule has 0 spiro atoms. The number of carbonyl (C=O) groups excluding carboxylic acids is 1. The summed E-state index contributed by atoms with van der Waals surface area (Å²) in [6.45, 7) is 4.85. The summed E-state index contributed by atoms with van der Waals surface area (Å²) in [4.78, 5) is 17.4. The van der Waals surface area contributed by atoms with E-state index in [4.69, 9.17) is 0 Å². The van der Waals surface area contributed by atoms with Gasteiger partial charge < -0.3 is 4.90 Å². The highest BCUT2D eigenvalue weighted by atomic mass is 79.9. The zero-order chi connectivity index (χ0) is 14.7. The van der Waals surface area contributed by atoms with Crippen LogP contribution in [-0.4, -0.2) is 53.8 Å². The van der Waals surface area contributed by atoms with Crippen LogP contribution in [0.4, 0.5) is 0 Å². The number of alkyl halides is 1. The maximum absolute atomic E-state index is 12.9. The van der Waals surface area contributed by atoms with Crippen molar-refractivity contribution in [1.29, 1.82) is 0 Å². The van der Waals surface area contributed by atoms with Crippen LogP contribution >= 0.6 is 15.9 Å². The molecule has 1 atom stereocenters. The molecule has 1 amide bonds. The van der Waals surface area contributed by atoms with E-state index in [0.29, 0.717) is 5.91 Å². The van der Waals surface area contributed by atoms with Gasteiger partial charge in [-0.25, -0.2) is 0 Å². The molecule has 1 saturated heterocycles. The van der Waals surface area contributed by atoms with E-state index in [1.807, 2.05) is 0 Å². The Morgan fingerprint density at radius 1 is 1.19 bits per heavy atom. The third-order valence-electron chi connectivity index (χ3n) is 4.75. The summed E-state index contributed by atoms with van der Waals surface area (Å²) in [6, 6.07) is 8.49. The molecular weight excluding hydrogens is 328 g/mol. The molecule has 3 nitrogen and oxygen atoms in total. The molecule has 21 heavy (non-hydrogen) atoms. The molecule has 0 radical (unpaired) electrons. The number of hydrogen-bond acceptors (Lipinski definition) is 2. The van der Waals surface area contributed by atoms with Crippen molar-refractivity contribution < 1.29 is 4.79 Å². The molecule has 1 aliphatic carbocycles. The highest BCUT2D eigenvalue weighted by Gasteiger charge is 2.31. The Morgan fingerprint density at radius 3 is 2.71 bits per heavy atom. The smallest absolute Gasteiger partial charge is 0.230 e. The molecule has 3 rings (SSSR count). The van der Waals surface area contributed by atoms with Gasteiger partial charge in [0, 0.05) is 38.1 Å². The van der Waals surface area contributed by atoms with E-state index in [9.17, 15) is 4.79 Å². The van der Waals surface area contributed by atoms with Crippen molar-refractivity contribution in [2.45, 2.75) is 25.2 Å². The zero-order valence-corrected chi connectivity index (χ0v) is 14.0. The van der Waals surface area contributed by atoms with Crippen LogP contribution in [0.25, 0.3) is 0 Å². The molecular formula is C17H23BrN2O. The number of fused-ring (bicyclic) bond motifs is 1. The van der Waals surface area contributed by atoms with Crippen molar-refractivity contribution in [2.75, 3.05) is 38.1 Å². The summed E-state index contributed by atoms with van der Waals surface area (Å²) in [7, 11) is 0. The van der Waals surface area contributed by atoms with E-state index >= 15 is 0 Å². The molecule has 1 aromatic rings. The third kappa shape index (κ3) is 3.32. The SMILES string of the molecule is O=C(C1CCCc2ccccc21)N1CCN(CCBr)CC1. The average Bonchev–Trinajstić information content (AvgIpc) is 2.55. The highest BCUT2D eigenvalue weighted by Crippen LogP contribution is 2.33. The fourth-order valence-corrected chi connectivity index (χ4v) is 4.04. The van der Waals surface area contributed by atoms with Crippen LogP contribution in [-0.2, 0) is 11.2 Å². The van der Waals surface area contributed by atoms with Crippen LogP contribution < -0.4 is 0 Å². The van der Waals surface area contributed by atoms with Gasteiger partial charge in [-0.1, -0.05) is 40.2 Å². The normalized spacial score (nSPS) is 22.9. The zero-order valence-electron chi connectivity index (χ0n) is 12.4. The van der Waals surface area contributed by atoms with Crippen LogP contribution in [0.2, 0.25) is 0 Å². The van der Waals surface area contributed by atoms with Gasteiger partial charge in [-0.05, 0) is 30.4 Å². The Kier molecular flexibility index (Phi) is 4.96. The maximum Gasteiger partial charge on any atom is 0.230 e. The van der Waals surface area contributed by atoms with Gasteiger partial charge in [0.05, 0.1) is 5.92 Å². The number of carbonyl (C=O) groups is 1. The second-order valence-corrected chi connectivity index (χ2v) is 6.79. The minimum absolute atomic E-state index is 0.0951.